The van der Waals surface area contributed by atoms with Gasteiger partial charge in [0.25, 0.3) is 0 Å². The molecule has 0 spiro atoms. The van der Waals surface area contributed by atoms with Gasteiger partial charge in [-0.3, -0.25) is 4.79 Å². The van der Waals surface area contributed by atoms with Crippen LogP contribution in [0.25, 0.3) is 6.08 Å². The first-order chi connectivity index (χ1) is 9.45. The summed E-state index contributed by atoms with van der Waals surface area (Å²) in [5.41, 5.74) is 3.45. The Morgan fingerprint density at radius 2 is 2.10 bits per heavy atom. The van der Waals surface area contributed by atoms with Crippen molar-refractivity contribution >= 4 is 40.6 Å². The SMILES string of the molecule is Cc1cc(C)c(NC(=O)C=Cc2csc(C)n2)c(Cl)c1. The number of thiazole rings is 1. The summed E-state index contributed by atoms with van der Waals surface area (Å²) in [5.74, 6) is -0.218. The minimum Gasteiger partial charge on any atom is -0.321 e. The van der Waals surface area contributed by atoms with Gasteiger partial charge in [0.15, 0.2) is 0 Å². The Bertz CT molecular complexity index is 653. The largest absolute Gasteiger partial charge is 0.321 e. The van der Waals surface area contributed by atoms with E-state index in [4.69, 9.17) is 11.6 Å². The molecule has 0 saturated carbocycles. The molecule has 0 unspecified atom stereocenters. The fourth-order valence-corrected chi connectivity index (χ4v) is 2.81. The number of halogens is 1. The van der Waals surface area contributed by atoms with Gasteiger partial charge < -0.3 is 5.32 Å². The molecule has 0 aliphatic carbocycles. The Morgan fingerprint density at radius 3 is 2.70 bits per heavy atom. The van der Waals surface area contributed by atoms with Gasteiger partial charge in [0.1, 0.15) is 0 Å². The zero-order chi connectivity index (χ0) is 14.7. The van der Waals surface area contributed by atoms with Crippen LogP contribution in [0.4, 0.5) is 5.69 Å². The summed E-state index contributed by atoms with van der Waals surface area (Å²) in [6, 6.07) is 3.81. The molecule has 1 aromatic heterocycles. The molecule has 0 radical (unpaired) electrons. The minimum absolute atomic E-state index is 0.218. The fraction of sp³-hybridized carbons (Fsp3) is 0.200. The van der Waals surface area contributed by atoms with Gasteiger partial charge >= 0.3 is 0 Å². The number of aromatic nitrogens is 1. The number of nitrogens with one attached hydrogen (secondary N) is 1. The lowest BCUT2D eigenvalue weighted by Gasteiger charge is -2.09. The zero-order valence-electron chi connectivity index (χ0n) is 11.5. The third kappa shape index (κ3) is 3.68. The van der Waals surface area contributed by atoms with Crippen molar-refractivity contribution in [3.8, 4) is 0 Å². The molecule has 1 aromatic carbocycles. The van der Waals surface area contributed by atoms with Crippen LogP contribution in [0, 0.1) is 20.8 Å². The van der Waals surface area contributed by atoms with Crippen LogP contribution in [0.5, 0.6) is 0 Å². The summed E-state index contributed by atoms with van der Waals surface area (Å²) < 4.78 is 0. The molecule has 0 aliphatic heterocycles. The Morgan fingerprint density at radius 1 is 1.35 bits per heavy atom. The Labute approximate surface area is 127 Å². The molecule has 2 rings (SSSR count). The highest BCUT2D eigenvalue weighted by molar-refractivity contribution is 7.09. The van der Waals surface area contributed by atoms with Crippen molar-refractivity contribution < 1.29 is 4.79 Å². The van der Waals surface area contributed by atoms with Crippen molar-refractivity contribution in [2.75, 3.05) is 5.32 Å². The first-order valence-corrected chi connectivity index (χ1v) is 7.39. The second-order valence-corrected chi connectivity index (χ2v) is 6.02. The number of hydrogen-bond donors (Lipinski definition) is 1. The van der Waals surface area contributed by atoms with E-state index in [2.05, 4.69) is 10.3 Å². The Balaban J connectivity index is 2.10. The van der Waals surface area contributed by atoms with Crippen LogP contribution < -0.4 is 5.32 Å². The third-order valence-corrected chi connectivity index (χ3v) is 3.81. The maximum atomic E-state index is 11.9. The fourth-order valence-electron chi connectivity index (χ4n) is 1.86. The molecule has 5 heteroatoms. The number of carbonyl (C=O) groups excluding carboxylic acids is 1. The average Bonchev–Trinajstić information content (AvgIpc) is 2.77. The number of rotatable bonds is 3. The van der Waals surface area contributed by atoms with Crippen LogP contribution in [0.15, 0.2) is 23.6 Å². The van der Waals surface area contributed by atoms with Crippen LogP contribution in [0.1, 0.15) is 21.8 Å². The molecule has 0 bridgehead atoms. The van der Waals surface area contributed by atoms with Gasteiger partial charge in [-0.25, -0.2) is 4.98 Å². The van der Waals surface area contributed by atoms with Gasteiger partial charge in [-0.1, -0.05) is 17.7 Å². The van der Waals surface area contributed by atoms with Gasteiger partial charge in [-0.05, 0) is 44.0 Å². The van der Waals surface area contributed by atoms with Crippen molar-refractivity contribution in [3.05, 3.63) is 50.4 Å². The van der Waals surface area contributed by atoms with E-state index in [1.54, 1.807) is 17.4 Å². The molecule has 0 saturated heterocycles. The molecule has 1 amide bonds. The van der Waals surface area contributed by atoms with Crippen molar-refractivity contribution in [2.45, 2.75) is 20.8 Å². The summed E-state index contributed by atoms with van der Waals surface area (Å²) in [4.78, 5) is 16.2. The number of anilines is 1. The number of nitrogens with zero attached hydrogens (tertiary/aromatic N) is 1. The molecule has 3 nitrogen and oxygen atoms in total. The smallest absolute Gasteiger partial charge is 0.248 e. The first kappa shape index (κ1) is 14.8. The molecule has 104 valence electrons. The van der Waals surface area contributed by atoms with Gasteiger partial charge in [-0.15, -0.1) is 11.3 Å². The Kier molecular flexibility index (Phi) is 4.57. The lowest BCUT2D eigenvalue weighted by atomic mass is 10.1. The molecule has 0 aliphatic rings. The lowest BCUT2D eigenvalue weighted by Crippen LogP contribution is -2.09. The summed E-state index contributed by atoms with van der Waals surface area (Å²) in [6.45, 7) is 5.81. The summed E-state index contributed by atoms with van der Waals surface area (Å²) >= 11 is 7.70. The van der Waals surface area contributed by atoms with Gasteiger partial charge in [0, 0.05) is 11.5 Å². The molecule has 1 heterocycles. The van der Waals surface area contributed by atoms with E-state index in [0.29, 0.717) is 10.7 Å². The summed E-state index contributed by atoms with van der Waals surface area (Å²) in [7, 11) is 0. The van der Waals surface area contributed by atoms with Gasteiger partial charge in [0.05, 0.1) is 21.4 Å². The van der Waals surface area contributed by atoms with Gasteiger partial charge in [0.2, 0.25) is 5.91 Å². The normalized spacial score (nSPS) is 11.0. The van der Waals surface area contributed by atoms with E-state index in [0.717, 1.165) is 21.8 Å². The molecule has 2 aromatic rings. The predicted molar refractivity (Wildman–Crippen MR) is 85.4 cm³/mol. The van der Waals surface area contributed by atoms with Crippen LogP contribution in [0.2, 0.25) is 5.02 Å². The quantitative estimate of drug-likeness (QED) is 0.855. The van der Waals surface area contributed by atoms with E-state index in [1.807, 2.05) is 38.3 Å². The van der Waals surface area contributed by atoms with Crippen LogP contribution in [-0.4, -0.2) is 10.9 Å². The average molecular weight is 307 g/mol. The van der Waals surface area contributed by atoms with Crippen molar-refractivity contribution in [2.24, 2.45) is 0 Å². The van der Waals surface area contributed by atoms with E-state index in [-0.39, 0.29) is 5.91 Å². The summed E-state index contributed by atoms with van der Waals surface area (Å²) in [6.07, 6.45) is 3.15. The number of hydrogen-bond acceptors (Lipinski definition) is 3. The Hall–Kier alpha value is -1.65. The van der Waals surface area contributed by atoms with E-state index in [1.165, 1.54) is 6.08 Å². The predicted octanol–water partition coefficient (Wildman–Crippen LogP) is 4.37. The van der Waals surface area contributed by atoms with Crippen molar-refractivity contribution in [3.63, 3.8) is 0 Å². The minimum atomic E-state index is -0.218. The molecule has 0 fully saturated rings. The number of amides is 1. The highest BCUT2D eigenvalue weighted by Gasteiger charge is 2.07. The molecular weight excluding hydrogens is 292 g/mol. The molecular formula is C15H15ClN2OS. The maximum absolute atomic E-state index is 11.9. The lowest BCUT2D eigenvalue weighted by molar-refractivity contribution is -0.111. The van der Waals surface area contributed by atoms with Crippen molar-refractivity contribution in [1.82, 2.24) is 4.98 Å². The van der Waals surface area contributed by atoms with Crippen LogP contribution >= 0.6 is 22.9 Å². The van der Waals surface area contributed by atoms with Crippen molar-refractivity contribution in [1.29, 1.82) is 0 Å². The standard InChI is InChI=1S/C15H15ClN2OS/c1-9-6-10(2)15(13(16)7-9)18-14(19)5-4-12-8-20-11(3)17-12/h4-8H,1-3H3,(H,18,19). The highest BCUT2D eigenvalue weighted by Crippen LogP contribution is 2.27. The van der Waals surface area contributed by atoms with E-state index in [9.17, 15) is 4.79 Å². The highest BCUT2D eigenvalue weighted by atomic mass is 35.5. The molecule has 0 atom stereocenters. The topological polar surface area (TPSA) is 42.0 Å². The monoisotopic (exact) mass is 306 g/mol. The zero-order valence-corrected chi connectivity index (χ0v) is 13.1. The van der Waals surface area contributed by atoms with Crippen LogP contribution in [0.3, 0.4) is 0 Å². The number of aryl methyl sites for hydroxylation is 3. The maximum Gasteiger partial charge on any atom is 0.248 e. The second-order valence-electron chi connectivity index (χ2n) is 4.55. The van der Waals surface area contributed by atoms with Gasteiger partial charge in [-0.2, -0.15) is 0 Å². The van der Waals surface area contributed by atoms with E-state index >= 15 is 0 Å². The second kappa shape index (κ2) is 6.20. The summed E-state index contributed by atoms with van der Waals surface area (Å²) in [5, 5.41) is 6.23. The van der Waals surface area contributed by atoms with E-state index < -0.39 is 0 Å². The number of carbonyl (C=O) groups is 1. The third-order valence-electron chi connectivity index (χ3n) is 2.72. The first-order valence-electron chi connectivity index (χ1n) is 6.13. The number of benzene rings is 1. The molecule has 20 heavy (non-hydrogen) atoms. The molecule has 1 N–H and O–H groups in total. The van der Waals surface area contributed by atoms with Crippen LogP contribution in [-0.2, 0) is 4.79 Å².